The van der Waals surface area contributed by atoms with Crippen molar-refractivity contribution in [3.63, 3.8) is 0 Å². The number of aliphatic hydroxyl groups excluding tert-OH is 3. The molecule has 0 bridgehead atoms. The highest BCUT2D eigenvalue weighted by Crippen LogP contribution is 2.65. The molecule has 0 radical (unpaired) electrons. The first-order valence-electron chi connectivity index (χ1n) is 32.3. The summed E-state index contributed by atoms with van der Waals surface area (Å²) < 4.78 is 201. The van der Waals surface area contributed by atoms with Gasteiger partial charge in [-0.1, -0.05) is 86.6 Å². The molecule has 13 nitrogen and oxygen atoms in total. The van der Waals surface area contributed by atoms with Crippen LogP contribution < -0.4 is 9.05 Å². The Kier molecular flexibility index (Phi) is 25.6. The Morgan fingerprint density at radius 2 is 0.894 bits per heavy atom. The van der Waals surface area contributed by atoms with E-state index in [9.17, 15) is 81.5 Å². The van der Waals surface area contributed by atoms with Crippen LogP contribution in [0.3, 0.4) is 0 Å². The van der Waals surface area contributed by atoms with Crippen LogP contribution in [-0.4, -0.2) is 100 Å². The maximum absolute atomic E-state index is 14.1. The van der Waals surface area contributed by atoms with Crippen LogP contribution in [0.2, 0.25) is 0 Å². The number of halogens is 10. The van der Waals surface area contributed by atoms with Crippen molar-refractivity contribution in [3.05, 3.63) is 130 Å². The summed E-state index contributed by atoms with van der Waals surface area (Å²) in [5.41, 5.74) is 5.50. The van der Waals surface area contributed by atoms with Crippen molar-refractivity contribution in [1.82, 2.24) is 0 Å². The fraction of sp³-hybridized carbons (Fsp3) is 0.642. The van der Waals surface area contributed by atoms with Crippen LogP contribution in [0.4, 0.5) is 43.9 Å². The van der Waals surface area contributed by atoms with E-state index in [1.165, 1.54) is 5.56 Å². The van der Waals surface area contributed by atoms with Gasteiger partial charge in [-0.3, -0.25) is 27.3 Å². The van der Waals surface area contributed by atoms with Crippen molar-refractivity contribution in [2.24, 2.45) is 46.3 Å². The molecule has 526 valence electrons. The quantitative estimate of drug-likeness (QED) is 0.0293. The van der Waals surface area contributed by atoms with Gasteiger partial charge in [0.2, 0.25) is 0 Å². The normalized spacial score (nSPS) is 28.1. The summed E-state index contributed by atoms with van der Waals surface area (Å²) in [5.74, 6) is -7.39. The Bertz CT molecular complexity index is 3230. The van der Waals surface area contributed by atoms with Gasteiger partial charge in [0.1, 0.15) is 11.5 Å². The zero-order valence-corrected chi connectivity index (χ0v) is 56.4. The Morgan fingerprint density at radius 1 is 0.521 bits per heavy atom. The predicted molar refractivity (Wildman–Crippen MR) is 338 cm³/mol. The van der Waals surface area contributed by atoms with Gasteiger partial charge in [0, 0.05) is 64.6 Å². The molecule has 4 aromatic rings. The van der Waals surface area contributed by atoms with Crippen LogP contribution >= 0.6 is 15.6 Å². The molecule has 5 N–H and O–H groups in total. The van der Waals surface area contributed by atoms with Gasteiger partial charge < -0.3 is 24.4 Å². The molecule has 14 atom stereocenters. The lowest BCUT2D eigenvalue weighted by molar-refractivity contribution is -0.284. The van der Waals surface area contributed by atoms with Gasteiger partial charge in [-0.15, -0.1) is 0 Å². The molecule has 0 saturated heterocycles. The Labute approximate surface area is 548 Å². The average Bonchev–Trinajstić information content (AvgIpc) is 1.40. The van der Waals surface area contributed by atoms with Crippen LogP contribution in [0, 0.1) is 46.3 Å². The van der Waals surface area contributed by atoms with Crippen LogP contribution in [0.5, 0.6) is 11.5 Å². The SMILES string of the molecule is CO.C[C@]12CC[C@@H]3c4ccc(OP(=O)(O)O)cc4C[C@@H](CCCS(=O)CCCC(F)(F)C(F)(F)F)[C@H]3[C@@H]1CC[C@@H]2O.C[C@]12CC[C@@H]3c4ccc(OP(=O)(OCc5ccccc5)OCc5ccccc5)cc4C[C@@H](CCCS(=O)CCCC(F)(F)C(F)(F)F)[C@H]3[C@@H]1CC[C@@H]2O. The molecule has 6 aliphatic carbocycles. The fourth-order valence-corrected chi connectivity index (χ4v) is 20.3. The number of hydrogen-bond donors (Lipinski definition) is 5. The van der Waals surface area contributed by atoms with Gasteiger partial charge in [-0.2, -0.15) is 43.9 Å². The molecular formula is C67H88F10O13P2S2. The van der Waals surface area contributed by atoms with Gasteiger partial charge in [0.15, 0.2) is 0 Å². The molecule has 4 saturated carbocycles. The fourth-order valence-electron chi connectivity index (χ4n) is 16.4. The van der Waals surface area contributed by atoms with Gasteiger partial charge in [0.05, 0.1) is 25.4 Å². The van der Waals surface area contributed by atoms with Gasteiger partial charge in [-0.05, 0) is 219 Å². The standard InChI is InChI=1S/C40H48F5O6PS.C26H36F5O6PS.CH4O/c1-38-21-19-34-33-16-15-32(51-52(47,49-26-28-10-4-2-5-11-28)50-27-29-12-6-3-7-13-29)25-31(33)24-30(37(34)35(38)17-18-36(38)46)14-8-22-53(48)23-9-20-39(41,42)40(43,44)45;1-24-11-9-20-19-6-5-18(37-38(33,34)35)15-17(19)14-16(23(20)21(24)7-8-22(24)32)4-2-12-39(36)13-3-10-25(27,28)26(29,30)31;1-2/h2-7,10-13,15-16,25,30,34-37,46H,8-9,14,17-24,26-27H2,1H3;5-6,15-16,20-23,32H,2-4,7-14H2,1H3,(H2,33,34,35);2H,1H3/t30-,34-,35+,36+,37-,38+,53?;16-,20-,21+,22+,23-,24+,39?;/m11./s1. The van der Waals surface area contributed by atoms with Crippen molar-refractivity contribution in [1.29, 1.82) is 0 Å². The lowest BCUT2D eigenvalue weighted by atomic mass is 9.52. The largest absolute Gasteiger partial charge is 0.530 e. The molecule has 0 spiro atoms. The van der Waals surface area contributed by atoms with Crippen molar-refractivity contribution >= 4 is 37.2 Å². The van der Waals surface area contributed by atoms with E-state index >= 15 is 0 Å². The highest BCUT2D eigenvalue weighted by Gasteiger charge is 2.60. The average molecular weight is 1420 g/mol. The van der Waals surface area contributed by atoms with E-state index in [0.29, 0.717) is 50.2 Å². The molecule has 2 unspecified atom stereocenters. The van der Waals surface area contributed by atoms with Crippen LogP contribution in [0.1, 0.15) is 162 Å². The van der Waals surface area contributed by atoms with E-state index in [-0.39, 0.29) is 106 Å². The second-order valence-electron chi connectivity index (χ2n) is 26.7. The zero-order chi connectivity index (χ0) is 68.7. The second-order valence-corrected chi connectivity index (χ2v) is 32.9. The maximum atomic E-state index is 14.1. The summed E-state index contributed by atoms with van der Waals surface area (Å²) in [6.45, 7) is 4.35. The summed E-state index contributed by atoms with van der Waals surface area (Å²) in [7, 11) is -10.9. The molecule has 4 aromatic carbocycles. The monoisotopic (exact) mass is 1420 g/mol. The number of aliphatic hydroxyl groups is 3. The highest BCUT2D eigenvalue weighted by atomic mass is 32.2. The second kappa shape index (κ2) is 31.6. The number of rotatable bonds is 26. The van der Waals surface area contributed by atoms with E-state index in [1.54, 1.807) is 12.1 Å². The first-order valence-corrected chi connectivity index (χ1v) is 38.2. The third-order valence-electron chi connectivity index (χ3n) is 21.0. The molecule has 94 heavy (non-hydrogen) atoms. The predicted octanol–water partition coefficient (Wildman–Crippen LogP) is 16.3. The number of phosphoric acid groups is 2. The lowest BCUT2D eigenvalue weighted by Crippen LogP contribution is -2.47. The first kappa shape index (κ1) is 76.0. The van der Waals surface area contributed by atoms with Crippen molar-refractivity contribution in [2.45, 2.75) is 191 Å². The van der Waals surface area contributed by atoms with E-state index in [4.69, 9.17) is 23.2 Å². The Morgan fingerprint density at radius 3 is 1.27 bits per heavy atom. The summed E-state index contributed by atoms with van der Waals surface area (Å²) in [5, 5.41) is 28.8. The van der Waals surface area contributed by atoms with Gasteiger partial charge >= 0.3 is 39.8 Å². The summed E-state index contributed by atoms with van der Waals surface area (Å²) in [4.78, 5) is 18.4. The number of phosphoric ester groups is 2. The highest BCUT2D eigenvalue weighted by molar-refractivity contribution is 7.85. The smallest absolute Gasteiger partial charge is 0.404 e. The Hall–Kier alpha value is -3.74. The number of hydrogen-bond acceptors (Lipinski definition) is 11. The van der Waals surface area contributed by atoms with Crippen LogP contribution in [0.25, 0.3) is 0 Å². The van der Waals surface area contributed by atoms with Crippen LogP contribution in [0.15, 0.2) is 97.1 Å². The number of alkyl halides is 10. The minimum atomic E-state index is -5.61. The van der Waals surface area contributed by atoms with Gasteiger partial charge in [0.25, 0.3) is 0 Å². The molecule has 0 aliphatic heterocycles. The minimum Gasteiger partial charge on any atom is -0.404 e. The molecule has 0 aromatic heterocycles. The first-order chi connectivity index (χ1) is 44.2. The molecular weight excluding hydrogens is 1330 g/mol. The van der Waals surface area contributed by atoms with Crippen molar-refractivity contribution < 1.29 is 105 Å². The van der Waals surface area contributed by atoms with E-state index in [1.807, 2.05) is 84.9 Å². The van der Waals surface area contributed by atoms with Gasteiger partial charge in [-0.25, -0.2) is 9.13 Å². The summed E-state index contributed by atoms with van der Waals surface area (Å²) >= 11 is 0. The van der Waals surface area contributed by atoms with Crippen molar-refractivity contribution in [3.8, 4) is 11.5 Å². The zero-order valence-electron chi connectivity index (χ0n) is 53.0. The molecule has 4 fully saturated rings. The third kappa shape index (κ3) is 18.6. The molecule has 0 amide bonds. The summed E-state index contributed by atoms with van der Waals surface area (Å²) in [6, 6.07) is 29.5. The van der Waals surface area contributed by atoms with Crippen LogP contribution in [-0.2, 0) is 65.8 Å². The molecule has 0 heterocycles. The summed E-state index contributed by atoms with van der Waals surface area (Å²) in [6.07, 6.45) is -5.27. The van der Waals surface area contributed by atoms with E-state index in [0.717, 1.165) is 86.3 Å². The van der Waals surface area contributed by atoms with E-state index < -0.39 is 87.1 Å². The minimum absolute atomic E-state index is 0.0157. The topological polar surface area (TPSA) is 206 Å². The molecule has 10 rings (SSSR count). The maximum Gasteiger partial charge on any atom is 0.530 e. The number of fused-ring (bicyclic) bond motifs is 10. The third-order valence-corrected chi connectivity index (χ3v) is 25.8. The number of benzene rings is 4. The molecule has 27 heteroatoms. The van der Waals surface area contributed by atoms with Crippen molar-refractivity contribution in [2.75, 3.05) is 30.1 Å². The Balaban J connectivity index is 0.000000246. The molecule has 6 aliphatic rings. The van der Waals surface area contributed by atoms with E-state index in [2.05, 4.69) is 13.8 Å². The lowest BCUT2D eigenvalue weighted by Gasteiger charge is -2.53.